The highest BCUT2D eigenvalue weighted by atomic mass is 35.5. The summed E-state index contributed by atoms with van der Waals surface area (Å²) < 4.78 is 19.2. The van der Waals surface area contributed by atoms with Crippen molar-refractivity contribution in [2.75, 3.05) is 38.2 Å². The number of esters is 1. The third kappa shape index (κ3) is 4.88. The number of para-hydroxylation sites is 1. The fraction of sp³-hybridized carbons (Fsp3) is 0.261. The number of anilines is 1. The topological polar surface area (TPSA) is 67.7 Å². The number of methoxy groups -OCH3 is 1. The molecule has 0 N–H and O–H groups in total. The second kappa shape index (κ2) is 9.91. The predicted molar refractivity (Wildman–Crippen MR) is 125 cm³/mol. The zero-order chi connectivity index (χ0) is 23.5. The molecule has 2 heterocycles. The molecule has 33 heavy (non-hydrogen) atoms. The van der Waals surface area contributed by atoms with Crippen LogP contribution < -0.4 is 10.5 Å². The van der Waals surface area contributed by atoms with Crippen LogP contribution in [-0.4, -0.2) is 53.9 Å². The highest BCUT2D eigenvalue weighted by molar-refractivity contribution is 6.33. The van der Waals surface area contributed by atoms with E-state index in [4.69, 9.17) is 27.9 Å². The van der Waals surface area contributed by atoms with Crippen LogP contribution in [0.25, 0.3) is 5.69 Å². The van der Waals surface area contributed by atoms with Crippen molar-refractivity contribution < 1.29 is 13.9 Å². The van der Waals surface area contributed by atoms with Crippen LogP contribution in [0.1, 0.15) is 15.9 Å². The fourth-order valence-corrected chi connectivity index (χ4v) is 4.27. The molecule has 172 valence electrons. The van der Waals surface area contributed by atoms with Crippen LogP contribution in [0.3, 0.4) is 0 Å². The molecular formula is C23H21Cl2FN4O3. The molecule has 7 nitrogen and oxygen atoms in total. The van der Waals surface area contributed by atoms with Crippen LogP contribution in [0.15, 0.2) is 53.5 Å². The molecule has 3 aromatic rings. The number of ether oxygens (including phenoxy) is 1. The Hall–Kier alpha value is -2.94. The van der Waals surface area contributed by atoms with E-state index in [1.165, 1.54) is 25.4 Å². The molecule has 1 aliphatic heterocycles. The first-order valence-corrected chi connectivity index (χ1v) is 11.0. The van der Waals surface area contributed by atoms with Gasteiger partial charge in [0.15, 0.2) is 0 Å². The van der Waals surface area contributed by atoms with Crippen LogP contribution in [0.5, 0.6) is 0 Å². The number of rotatable bonds is 5. The molecule has 0 spiro atoms. The molecule has 0 aliphatic carbocycles. The van der Waals surface area contributed by atoms with Gasteiger partial charge in [-0.3, -0.25) is 9.69 Å². The monoisotopic (exact) mass is 490 g/mol. The zero-order valence-corrected chi connectivity index (χ0v) is 19.3. The Bertz CT molecular complexity index is 1240. The minimum absolute atomic E-state index is 0.0275. The largest absolute Gasteiger partial charge is 0.465 e. The van der Waals surface area contributed by atoms with Gasteiger partial charge in [-0.05, 0) is 29.8 Å². The van der Waals surface area contributed by atoms with Gasteiger partial charge in [-0.25, -0.2) is 9.18 Å². The number of hydrogen-bond acceptors (Lipinski definition) is 6. The van der Waals surface area contributed by atoms with E-state index in [0.717, 1.165) is 10.2 Å². The molecule has 10 heteroatoms. The minimum atomic E-state index is -0.572. The lowest BCUT2D eigenvalue weighted by Crippen LogP contribution is -2.46. The normalized spacial score (nSPS) is 14.4. The lowest BCUT2D eigenvalue weighted by molar-refractivity contribution is 0.0600. The van der Waals surface area contributed by atoms with Crippen molar-refractivity contribution >= 4 is 34.9 Å². The number of benzene rings is 2. The van der Waals surface area contributed by atoms with Crippen LogP contribution in [0.2, 0.25) is 10.0 Å². The van der Waals surface area contributed by atoms with E-state index in [9.17, 15) is 14.0 Å². The van der Waals surface area contributed by atoms with Crippen LogP contribution in [-0.2, 0) is 11.3 Å². The van der Waals surface area contributed by atoms with Crippen molar-refractivity contribution in [3.63, 3.8) is 0 Å². The van der Waals surface area contributed by atoms with Crippen LogP contribution in [0, 0.1) is 5.82 Å². The van der Waals surface area contributed by atoms with Gasteiger partial charge >= 0.3 is 5.97 Å². The van der Waals surface area contributed by atoms with E-state index in [1.54, 1.807) is 30.3 Å². The summed E-state index contributed by atoms with van der Waals surface area (Å²) in [4.78, 5) is 29.3. The average molecular weight is 491 g/mol. The molecular weight excluding hydrogens is 470 g/mol. The van der Waals surface area contributed by atoms with Crippen molar-refractivity contribution in [1.29, 1.82) is 0 Å². The SMILES string of the molecule is COC(=O)c1ccccc1-n1ncc(N2CCN(Cc3ccc(F)cc3Cl)CC2)c(Cl)c1=O. The number of nitrogens with zero attached hydrogens (tertiary/aromatic N) is 4. The first-order chi connectivity index (χ1) is 15.9. The lowest BCUT2D eigenvalue weighted by atomic mass is 10.2. The summed E-state index contributed by atoms with van der Waals surface area (Å²) in [6.07, 6.45) is 1.53. The minimum Gasteiger partial charge on any atom is -0.465 e. The van der Waals surface area contributed by atoms with E-state index in [-0.39, 0.29) is 16.4 Å². The Morgan fingerprint density at radius 2 is 1.82 bits per heavy atom. The van der Waals surface area contributed by atoms with E-state index in [2.05, 4.69) is 10.00 Å². The molecule has 1 fully saturated rings. The third-order valence-corrected chi connectivity index (χ3v) is 6.27. The van der Waals surface area contributed by atoms with Gasteiger partial charge in [-0.1, -0.05) is 41.4 Å². The molecule has 0 atom stereocenters. The maximum Gasteiger partial charge on any atom is 0.340 e. The maximum absolute atomic E-state index is 13.3. The number of halogens is 3. The van der Waals surface area contributed by atoms with Crippen LogP contribution >= 0.6 is 23.2 Å². The van der Waals surface area contributed by atoms with Crippen LogP contribution in [0.4, 0.5) is 10.1 Å². The second-order valence-corrected chi connectivity index (χ2v) is 8.35. The van der Waals surface area contributed by atoms with Crippen molar-refractivity contribution in [2.24, 2.45) is 0 Å². The van der Waals surface area contributed by atoms with Gasteiger partial charge in [0.05, 0.1) is 30.2 Å². The maximum atomic E-state index is 13.3. The number of hydrogen-bond donors (Lipinski definition) is 0. The average Bonchev–Trinajstić information content (AvgIpc) is 2.83. The summed E-state index contributed by atoms with van der Waals surface area (Å²) >= 11 is 12.6. The summed E-state index contributed by atoms with van der Waals surface area (Å²) in [5.41, 5.74) is 1.38. The molecule has 0 bridgehead atoms. The van der Waals surface area contributed by atoms with Crippen molar-refractivity contribution in [3.8, 4) is 5.69 Å². The smallest absolute Gasteiger partial charge is 0.340 e. The number of carbonyl (C=O) groups excluding carboxylic acids is 1. The zero-order valence-electron chi connectivity index (χ0n) is 17.8. The molecule has 2 aromatic carbocycles. The van der Waals surface area contributed by atoms with E-state index < -0.39 is 11.5 Å². The summed E-state index contributed by atoms with van der Waals surface area (Å²) in [7, 11) is 1.27. The standard InChI is InChI=1S/C23H21Cl2FN4O3/c1-33-23(32)17-4-2-3-5-19(17)30-22(31)21(25)20(13-27-30)29-10-8-28(9-11-29)14-15-6-7-16(26)12-18(15)24/h2-7,12-13H,8-11,14H2,1H3. The molecule has 0 saturated carbocycles. The summed E-state index contributed by atoms with van der Waals surface area (Å²) in [5.74, 6) is -0.934. The van der Waals surface area contributed by atoms with Gasteiger partial charge in [-0.15, -0.1) is 0 Å². The van der Waals surface area contributed by atoms with Gasteiger partial charge in [0.25, 0.3) is 5.56 Å². The summed E-state index contributed by atoms with van der Waals surface area (Å²) in [6, 6.07) is 10.9. The Labute approximate surface area is 199 Å². The van der Waals surface area contributed by atoms with E-state index in [0.29, 0.717) is 49.1 Å². The van der Waals surface area contributed by atoms with Crippen molar-refractivity contribution in [3.05, 3.63) is 86.0 Å². The number of piperazine rings is 1. The summed E-state index contributed by atoms with van der Waals surface area (Å²) in [6.45, 7) is 3.27. The van der Waals surface area contributed by atoms with Gasteiger partial charge in [-0.2, -0.15) is 9.78 Å². The molecule has 0 unspecified atom stereocenters. The number of carbonyl (C=O) groups is 1. The Kier molecular flexibility index (Phi) is 6.97. The van der Waals surface area contributed by atoms with E-state index >= 15 is 0 Å². The lowest BCUT2D eigenvalue weighted by Gasteiger charge is -2.36. The Balaban J connectivity index is 1.51. The van der Waals surface area contributed by atoms with Crippen molar-refractivity contribution in [2.45, 2.75) is 6.54 Å². The third-order valence-electron chi connectivity index (χ3n) is 5.56. The van der Waals surface area contributed by atoms with Crippen molar-refractivity contribution in [1.82, 2.24) is 14.7 Å². The Morgan fingerprint density at radius 1 is 1.09 bits per heavy atom. The molecule has 0 amide bonds. The first-order valence-electron chi connectivity index (χ1n) is 10.3. The first kappa shape index (κ1) is 23.2. The fourth-order valence-electron chi connectivity index (χ4n) is 3.79. The quantitative estimate of drug-likeness (QED) is 0.507. The van der Waals surface area contributed by atoms with Gasteiger partial charge in [0.2, 0.25) is 0 Å². The Morgan fingerprint density at radius 3 is 2.52 bits per heavy atom. The predicted octanol–water partition coefficient (Wildman–Crippen LogP) is 3.79. The highest BCUT2D eigenvalue weighted by Crippen LogP contribution is 2.25. The summed E-state index contributed by atoms with van der Waals surface area (Å²) in [5, 5.41) is 4.70. The highest BCUT2D eigenvalue weighted by Gasteiger charge is 2.23. The second-order valence-electron chi connectivity index (χ2n) is 7.57. The van der Waals surface area contributed by atoms with Gasteiger partial charge in [0.1, 0.15) is 10.8 Å². The molecule has 0 radical (unpaired) electrons. The van der Waals surface area contributed by atoms with Gasteiger partial charge < -0.3 is 9.64 Å². The van der Waals surface area contributed by atoms with Gasteiger partial charge in [0, 0.05) is 37.7 Å². The molecule has 4 rings (SSSR count). The molecule has 1 aromatic heterocycles. The molecule has 1 saturated heterocycles. The van der Waals surface area contributed by atoms with E-state index in [1.807, 2.05) is 4.90 Å². The molecule has 1 aliphatic rings. The number of aromatic nitrogens is 2.